The number of anilines is 1. The Balaban J connectivity index is 1.96. The SMILES string of the molecule is CC(C)Oc1nc(N)nc(SCC2CCCO2)n1. The topological polar surface area (TPSA) is 83.2 Å². The van der Waals surface area contributed by atoms with Crippen LogP contribution in [0.15, 0.2) is 5.16 Å². The molecule has 1 saturated heterocycles. The molecule has 6 nitrogen and oxygen atoms in total. The molecular formula is C11H18N4O2S. The molecular weight excluding hydrogens is 252 g/mol. The summed E-state index contributed by atoms with van der Waals surface area (Å²) in [6, 6.07) is 0.285. The van der Waals surface area contributed by atoms with Gasteiger partial charge in [0.1, 0.15) is 0 Å². The molecule has 1 aromatic heterocycles. The normalized spacial score (nSPS) is 19.4. The van der Waals surface area contributed by atoms with Crippen LogP contribution in [0.4, 0.5) is 5.95 Å². The molecule has 0 saturated carbocycles. The fraction of sp³-hybridized carbons (Fsp3) is 0.727. The van der Waals surface area contributed by atoms with Gasteiger partial charge in [0.25, 0.3) is 0 Å². The van der Waals surface area contributed by atoms with Gasteiger partial charge in [-0.3, -0.25) is 0 Å². The molecule has 7 heteroatoms. The van der Waals surface area contributed by atoms with E-state index in [9.17, 15) is 0 Å². The lowest BCUT2D eigenvalue weighted by Crippen LogP contribution is -2.12. The molecule has 2 N–H and O–H groups in total. The van der Waals surface area contributed by atoms with Gasteiger partial charge in [0, 0.05) is 12.4 Å². The van der Waals surface area contributed by atoms with Crippen LogP contribution in [0, 0.1) is 0 Å². The number of hydrogen-bond acceptors (Lipinski definition) is 7. The molecule has 1 atom stereocenters. The highest BCUT2D eigenvalue weighted by Crippen LogP contribution is 2.22. The predicted octanol–water partition coefficient (Wildman–Crippen LogP) is 1.51. The zero-order chi connectivity index (χ0) is 13.0. The number of nitrogens with two attached hydrogens (primary N) is 1. The third-order valence-corrected chi connectivity index (χ3v) is 3.35. The summed E-state index contributed by atoms with van der Waals surface area (Å²) >= 11 is 1.53. The Kier molecular flexibility index (Phi) is 4.60. The molecule has 0 aromatic carbocycles. The predicted molar refractivity (Wildman–Crippen MR) is 69.7 cm³/mol. The average Bonchev–Trinajstić information content (AvgIpc) is 2.77. The summed E-state index contributed by atoms with van der Waals surface area (Å²) in [5.74, 6) is 1.03. The highest BCUT2D eigenvalue weighted by Gasteiger charge is 2.17. The second-order valence-electron chi connectivity index (χ2n) is 4.37. The van der Waals surface area contributed by atoms with E-state index in [1.54, 1.807) is 0 Å². The Morgan fingerprint density at radius 1 is 1.44 bits per heavy atom. The van der Waals surface area contributed by atoms with Crippen molar-refractivity contribution in [1.82, 2.24) is 15.0 Å². The van der Waals surface area contributed by atoms with Gasteiger partial charge in [0.15, 0.2) is 5.16 Å². The van der Waals surface area contributed by atoms with E-state index in [1.165, 1.54) is 11.8 Å². The van der Waals surface area contributed by atoms with E-state index in [4.69, 9.17) is 15.2 Å². The summed E-state index contributed by atoms with van der Waals surface area (Å²) in [6.07, 6.45) is 2.54. The summed E-state index contributed by atoms with van der Waals surface area (Å²) in [7, 11) is 0. The van der Waals surface area contributed by atoms with Crippen LogP contribution in [0.25, 0.3) is 0 Å². The van der Waals surface area contributed by atoms with Gasteiger partial charge < -0.3 is 15.2 Å². The van der Waals surface area contributed by atoms with Gasteiger partial charge >= 0.3 is 6.01 Å². The lowest BCUT2D eigenvalue weighted by atomic mass is 10.3. The molecule has 2 heterocycles. The first kappa shape index (κ1) is 13.4. The monoisotopic (exact) mass is 270 g/mol. The highest BCUT2D eigenvalue weighted by atomic mass is 32.2. The summed E-state index contributed by atoms with van der Waals surface area (Å²) in [5.41, 5.74) is 5.63. The van der Waals surface area contributed by atoms with Crippen molar-refractivity contribution in [3.05, 3.63) is 0 Å². The minimum atomic E-state index is 0.0165. The maximum absolute atomic E-state index is 5.63. The van der Waals surface area contributed by atoms with Crippen LogP contribution in [-0.4, -0.2) is 39.5 Å². The van der Waals surface area contributed by atoms with E-state index in [-0.39, 0.29) is 18.1 Å². The number of thioether (sulfide) groups is 1. The second kappa shape index (κ2) is 6.19. The van der Waals surface area contributed by atoms with Crippen LogP contribution in [-0.2, 0) is 4.74 Å². The summed E-state index contributed by atoms with van der Waals surface area (Å²) in [6.45, 7) is 4.69. The molecule has 1 fully saturated rings. The van der Waals surface area contributed by atoms with Crippen molar-refractivity contribution in [3.63, 3.8) is 0 Å². The molecule has 2 rings (SSSR count). The Morgan fingerprint density at radius 3 is 2.94 bits per heavy atom. The average molecular weight is 270 g/mol. The highest BCUT2D eigenvalue weighted by molar-refractivity contribution is 7.99. The van der Waals surface area contributed by atoms with Crippen molar-refractivity contribution in [1.29, 1.82) is 0 Å². The van der Waals surface area contributed by atoms with Crippen LogP contribution in [0.1, 0.15) is 26.7 Å². The van der Waals surface area contributed by atoms with Crippen molar-refractivity contribution >= 4 is 17.7 Å². The number of ether oxygens (including phenoxy) is 2. The molecule has 0 radical (unpaired) electrons. The van der Waals surface area contributed by atoms with Gasteiger partial charge in [-0.25, -0.2) is 0 Å². The van der Waals surface area contributed by atoms with E-state index >= 15 is 0 Å². The Bertz CT molecular complexity index is 397. The van der Waals surface area contributed by atoms with Crippen LogP contribution >= 0.6 is 11.8 Å². The molecule has 0 spiro atoms. The van der Waals surface area contributed by atoms with Crippen LogP contribution < -0.4 is 10.5 Å². The minimum Gasteiger partial charge on any atom is -0.461 e. The number of hydrogen-bond donors (Lipinski definition) is 1. The van der Waals surface area contributed by atoms with Gasteiger partial charge in [-0.2, -0.15) is 15.0 Å². The standard InChI is InChI=1S/C11H18N4O2S/c1-7(2)17-10-13-9(12)14-11(15-10)18-6-8-4-3-5-16-8/h7-8H,3-6H2,1-2H3,(H2,12,13,14,15). The van der Waals surface area contributed by atoms with Crippen LogP contribution in [0.5, 0.6) is 6.01 Å². The summed E-state index contributed by atoms with van der Waals surface area (Å²) in [4.78, 5) is 12.2. The largest absolute Gasteiger partial charge is 0.461 e. The second-order valence-corrected chi connectivity index (χ2v) is 5.36. The molecule has 0 amide bonds. The van der Waals surface area contributed by atoms with Gasteiger partial charge in [0.2, 0.25) is 5.95 Å². The van der Waals surface area contributed by atoms with E-state index < -0.39 is 0 Å². The van der Waals surface area contributed by atoms with Gasteiger partial charge in [-0.15, -0.1) is 0 Å². The Hall–Kier alpha value is -1.08. The van der Waals surface area contributed by atoms with E-state index in [2.05, 4.69) is 15.0 Å². The smallest absolute Gasteiger partial charge is 0.322 e. The number of nitrogen functional groups attached to an aromatic ring is 1. The maximum Gasteiger partial charge on any atom is 0.322 e. The molecule has 1 aromatic rings. The fourth-order valence-corrected chi connectivity index (χ4v) is 2.52. The van der Waals surface area contributed by atoms with Crippen LogP contribution in [0.2, 0.25) is 0 Å². The van der Waals surface area contributed by atoms with Crippen LogP contribution in [0.3, 0.4) is 0 Å². The first-order valence-corrected chi connectivity index (χ1v) is 7.04. The zero-order valence-corrected chi connectivity index (χ0v) is 11.4. The summed E-state index contributed by atoms with van der Waals surface area (Å²) in [5, 5.41) is 0.591. The number of nitrogens with zero attached hydrogens (tertiary/aromatic N) is 3. The minimum absolute atomic E-state index is 0.0165. The van der Waals surface area contributed by atoms with E-state index in [0.717, 1.165) is 25.2 Å². The van der Waals surface area contributed by atoms with Crippen molar-refractivity contribution in [2.75, 3.05) is 18.1 Å². The van der Waals surface area contributed by atoms with Gasteiger partial charge in [0.05, 0.1) is 12.2 Å². The molecule has 1 aliphatic heterocycles. The fourth-order valence-electron chi connectivity index (χ4n) is 1.62. The molecule has 0 bridgehead atoms. The quantitative estimate of drug-likeness (QED) is 0.812. The van der Waals surface area contributed by atoms with Crippen molar-refractivity contribution in [3.8, 4) is 6.01 Å². The lowest BCUT2D eigenvalue weighted by Gasteiger charge is -2.10. The van der Waals surface area contributed by atoms with Crippen molar-refractivity contribution in [2.24, 2.45) is 0 Å². The third kappa shape index (κ3) is 3.99. The Labute approximate surface area is 111 Å². The molecule has 1 unspecified atom stereocenters. The molecule has 0 aliphatic carbocycles. The summed E-state index contributed by atoms with van der Waals surface area (Å²) < 4.78 is 11.0. The van der Waals surface area contributed by atoms with E-state index in [0.29, 0.717) is 11.3 Å². The number of rotatable bonds is 5. The third-order valence-electron chi connectivity index (χ3n) is 2.38. The number of aromatic nitrogens is 3. The van der Waals surface area contributed by atoms with Crippen molar-refractivity contribution < 1.29 is 9.47 Å². The Morgan fingerprint density at radius 2 is 2.28 bits per heavy atom. The first-order valence-electron chi connectivity index (χ1n) is 6.06. The molecule has 100 valence electrons. The lowest BCUT2D eigenvalue weighted by molar-refractivity contribution is 0.129. The van der Waals surface area contributed by atoms with Crippen molar-refractivity contribution in [2.45, 2.75) is 44.1 Å². The van der Waals surface area contributed by atoms with E-state index in [1.807, 2.05) is 13.8 Å². The molecule has 18 heavy (non-hydrogen) atoms. The maximum atomic E-state index is 5.63. The van der Waals surface area contributed by atoms with Gasteiger partial charge in [-0.05, 0) is 26.7 Å². The molecule has 1 aliphatic rings. The zero-order valence-electron chi connectivity index (χ0n) is 10.6. The first-order chi connectivity index (χ1) is 8.63. The van der Waals surface area contributed by atoms with Gasteiger partial charge in [-0.1, -0.05) is 11.8 Å².